The Morgan fingerprint density at radius 1 is 1.42 bits per heavy atom. The molecular weight excluding hydrogens is 270 g/mol. The molecule has 0 aromatic heterocycles. The van der Waals surface area contributed by atoms with Crippen molar-refractivity contribution in [2.45, 2.75) is 24.6 Å². The molecule has 4 atom stereocenters. The lowest BCUT2D eigenvalue weighted by molar-refractivity contribution is -0.126. The number of carbonyl (C=O) groups excluding carboxylic acids is 1. The first-order chi connectivity index (χ1) is 8.79. The molecule has 19 heavy (non-hydrogen) atoms. The molecule has 1 aliphatic heterocycles. The van der Waals surface area contributed by atoms with Crippen LogP contribution < -0.4 is 10.0 Å². The van der Waals surface area contributed by atoms with Gasteiger partial charge in [-0.05, 0) is 20.5 Å². The van der Waals surface area contributed by atoms with Gasteiger partial charge in [-0.25, -0.2) is 13.1 Å². The predicted octanol–water partition coefficient (Wildman–Crippen LogP) is -1.63. The maximum atomic E-state index is 11.8. The Balaban J connectivity index is 1.89. The highest BCUT2D eigenvalue weighted by Gasteiger charge is 2.55. The van der Waals surface area contributed by atoms with E-state index in [0.29, 0.717) is 5.92 Å². The van der Waals surface area contributed by atoms with Crippen LogP contribution in [-0.4, -0.2) is 70.9 Å². The standard InChI is InChI=1S/C11H21N3O4S/c1-14(2)10-9(7-4-5-18-11(7)10)13-8(15)6-12-19(3,16)17/h7,9-12H,4-6H2,1-3H3,(H,13,15)/t7-,9+,10-,11-/m1/s1. The average Bonchev–Trinajstić information content (AvgIpc) is 2.65. The van der Waals surface area contributed by atoms with Gasteiger partial charge in [-0.2, -0.15) is 0 Å². The van der Waals surface area contributed by atoms with E-state index in [1.807, 2.05) is 19.0 Å². The molecule has 8 heteroatoms. The van der Waals surface area contributed by atoms with Crippen LogP contribution in [0.15, 0.2) is 0 Å². The summed E-state index contributed by atoms with van der Waals surface area (Å²) in [6.07, 6.45) is 2.16. The van der Waals surface area contributed by atoms with Crippen molar-refractivity contribution in [3.63, 3.8) is 0 Å². The van der Waals surface area contributed by atoms with Crippen molar-refractivity contribution in [1.29, 1.82) is 0 Å². The number of ether oxygens (including phenoxy) is 1. The fraction of sp³-hybridized carbons (Fsp3) is 0.909. The number of fused-ring (bicyclic) bond motifs is 1. The van der Waals surface area contributed by atoms with Crippen LogP contribution in [0.1, 0.15) is 6.42 Å². The smallest absolute Gasteiger partial charge is 0.235 e. The van der Waals surface area contributed by atoms with E-state index < -0.39 is 10.0 Å². The lowest BCUT2D eigenvalue weighted by Crippen LogP contribution is -2.70. The lowest BCUT2D eigenvalue weighted by atomic mass is 9.71. The Morgan fingerprint density at radius 3 is 2.68 bits per heavy atom. The zero-order valence-electron chi connectivity index (χ0n) is 11.4. The van der Waals surface area contributed by atoms with Crippen molar-refractivity contribution < 1.29 is 17.9 Å². The minimum Gasteiger partial charge on any atom is -0.376 e. The van der Waals surface area contributed by atoms with Gasteiger partial charge < -0.3 is 15.0 Å². The summed E-state index contributed by atoms with van der Waals surface area (Å²) in [5.74, 6) is 0.0437. The first kappa shape index (κ1) is 14.7. The number of nitrogens with one attached hydrogen (secondary N) is 2. The topological polar surface area (TPSA) is 87.7 Å². The van der Waals surface area contributed by atoms with Gasteiger partial charge >= 0.3 is 0 Å². The normalized spacial score (nSPS) is 33.9. The second kappa shape index (κ2) is 5.35. The molecule has 2 fully saturated rings. The van der Waals surface area contributed by atoms with Crippen molar-refractivity contribution in [2.24, 2.45) is 5.92 Å². The molecule has 2 N–H and O–H groups in total. The van der Waals surface area contributed by atoms with E-state index >= 15 is 0 Å². The molecule has 2 rings (SSSR count). The summed E-state index contributed by atoms with van der Waals surface area (Å²) in [7, 11) is 0.573. The van der Waals surface area contributed by atoms with E-state index in [1.165, 1.54) is 0 Å². The van der Waals surface area contributed by atoms with Crippen molar-refractivity contribution in [3.05, 3.63) is 0 Å². The third kappa shape index (κ3) is 3.25. The van der Waals surface area contributed by atoms with E-state index in [2.05, 4.69) is 10.0 Å². The van der Waals surface area contributed by atoms with Gasteiger partial charge in [0.1, 0.15) is 0 Å². The van der Waals surface area contributed by atoms with Gasteiger partial charge in [0.15, 0.2) is 0 Å². The summed E-state index contributed by atoms with van der Waals surface area (Å²) >= 11 is 0. The molecule has 1 aliphatic carbocycles. The maximum absolute atomic E-state index is 11.8. The average molecular weight is 291 g/mol. The summed E-state index contributed by atoms with van der Waals surface area (Å²) in [5, 5.41) is 2.90. The molecule has 0 aromatic carbocycles. The lowest BCUT2D eigenvalue weighted by Gasteiger charge is -2.50. The Bertz CT molecular complexity index is 451. The van der Waals surface area contributed by atoms with Crippen LogP contribution in [0.4, 0.5) is 0 Å². The van der Waals surface area contributed by atoms with Gasteiger partial charge in [0.25, 0.3) is 0 Å². The van der Waals surface area contributed by atoms with Crippen LogP contribution in [0.5, 0.6) is 0 Å². The Labute approximate surface area is 113 Å². The second-order valence-electron chi connectivity index (χ2n) is 5.43. The van der Waals surface area contributed by atoms with Gasteiger partial charge in [-0.1, -0.05) is 0 Å². The third-order valence-electron chi connectivity index (χ3n) is 3.77. The summed E-state index contributed by atoms with van der Waals surface area (Å²) in [6, 6.07) is 0.200. The molecule has 0 unspecified atom stereocenters. The highest BCUT2D eigenvalue weighted by atomic mass is 32.2. The molecule has 1 amide bonds. The number of nitrogens with zero attached hydrogens (tertiary/aromatic N) is 1. The summed E-state index contributed by atoms with van der Waals surface area (Å²) < 4.78 is 29.7. The largest absolute Gasteiger partial charge is 0.376 e. The summed E-state index contributed by atoms with van der Waals surface area (Å²) in [4.78, 5) is 13.8. The monoisotopic (exact) mass is 291 g/mol. The predicted molar refractivity (Wildman–Crippen MR) is 70.1 cm³/mol. The van der Waals surface area contributed by atoms with E-state index in [-0.39, 0.29) is 30.6 Å². The Morgan fingerprint density at radius 2 is 2.11 bits per heavy atom. The highest BCUT2D eigenvalue weighted by Crippen LogP contribution is 2.40. The number of sulfonamides is 1. The van der Waals surface area contributed by atoms with Crippen LogP contribution >= 0.6 is 0 Å². The number of likely N-dealkylation sites (N-methyl/N-ethyl adjacent to an activating group) is 1. The molecule has 110 valence electrons. The first-order valence-electron chi connectivity index (χ1n) is 6.31. The third-order valence-corrected chi connectivity index (χ3v) is 4.44. The fourth-order valence-electron chi connectivity index (χ4n) is 2.92. The van der Waals surface area contributed by atoms with Crippen LogP contribution in [0.2, 0.25) is 0 Å². The zero-order chi connectivity index (χ0) is 14.2. The van der Waals surface area contributed by atoms with Gasteiger partial charge in [-0.15, -0.1) is 0 Å². The van der Waals surface area contributed by atoms with Crippen molar-refractivity contribution in [2.75, 3.05) is 33.5 Å². The molecule has 2 aliphatic rings. The molecule has 0 bridgehead atoms. The van der Waals surface area contributed by atoms with E-state index in [1.54, 1.807) is 0 Å². The zero-order valence-corrected chi connectivity index (χ0v) is 12.2. The van der Waals surface area contributed by atoms with Gasteiger partial charge in [0.05, 0.1) is 31.0 Å². The van der Waals surface area contributed by atoms with Gasteiger partial charge in [-0.3, -0.25) is 4.79 Å². The molecule has 1 heterocycles. The Hall–Kier alpha value is -0.700. The molecule has 1 saturated carbocycles. The number of hydrogen-bond donors (Lipinski definition) is 2. The van der Waals surface area contributed by atoms with E-state index in [9.17, 15) is 13.2 Å². The molecule has 1 saturated heterocycles. The minimum absolute atomic E-state index is 0.0383. The molecular formula is C11H21N3O4S. The van der Waals surface area contributed by atoms with Crippen molar-refractivity contribution in [3.8, 4) is 0 Å². The quantitative estimate of drug-likeness (QED) is 0.635. The van der Waals surface area contributed by atoms with Gasteiger partial charge in [0.2, 0.25) is 15.9 Å². The molecule has 0 aromatic rings. The van der Waals surface area contributed by atoms with Crippen LogP contribution in [0, 0.1) is 5.92 Å². The fourth-order valence-corrected chi connectivity index (χ4v) is 3.31. The number of amides is 1. The van der Waals surface area contributed by atoms with E-state index in [4.69, 9.17) is 4.74 Å². The molecule has 7 nitrogen and oxygen atoms in total. The van der Waals surface area contributed by atoms with Crippen LogP contribution in [0.3, 0.4) is 0 Å². The number of carbonyl (C=O) groups is 1. The second-order valence-corrected chi connectivity index (χ2v) is 7.26. The van der Waals surface area contributed by atoms with E-state index in [0.717, 1.165) is 19.3 Å². The molecule has 0 spiro atoms. The highest BCUT2D eigenvalue weighted by molar-refractivity contribution is 7.88. The van der Waals surface area contributed by atoms with Gasteiger partial charge in [0, 0.05) is 12.5 Å². The van der Waals surface area contributed by atoms with Crippen LogP contribution in [0.25, 0.3) is 0 Å². The Kier molecular flexibility index (Phi) is 4.14. The summed E-state index contributed by atoms with van der Waals surface area (Å²) in [5.41, 5.74) is 0. The summed E-state index contributed by atoms with van der Waals surface area (Å²) in [6.45, 7) is 0.515. The SMILES string of the molecule is CN(C)[C@@H]1[C@@H](NC(=O)CNS(C)(=O)=O)[C@H]2CCO[C@H]21. The molecule has 0 radical (unpaired) electrons. The number of hydrogen-bond acceptors (Lipinski definition) is 5. The first-order valence-corrected chi connectivity index (χ1v) is 8.21. The number of rotatable bonds is 5. The van der Waals surface area contributed by atoms with Crippen molar-refractivity contribution >= 4 is 15.9 Å². The van der Waals surface area contributed by atoms with Crippen molar-refractivity contribution in [1.82, 2.24) is 14.9 Å². The minimum atomic E-state index is -3.34. The van der Waals surface area contributed by atoms with Crippen LogP contribution in [-0.2, 0) is 19.6 Å². The maximum Gasteiger partial charge on any atom is 0.235 e.